The summed E-state index contributed by atoms with van der Waals surface area (Å²) in [7, 11) is 2.62. The highest BCUT2D eigenvalue weighted by molar-refractivity contribution is 7.10. The van der Waals surface area contributed by atoms with Crippen molar-refractivity contribution in [1.82, 2.24) is 5.32 Å². The third-order valence-corrected chi connectivity index (χ3v) is 7.56. The molecule has 0 fully saturated rings. The second-order valence-electron chi connectivity index (χ2n) is 7.19. The molecule has 1 aliphatic heterocycles. The molecule has 0 aromatic carbocycles. The van der Waals surface area contributed by atoms with Crippen LogP contribution in [0, 0.1) is 5.92 Å². The number of carbonyl (C=O) groups is 3. The Morgan fingerprint density at radius 1 is 1.07 bits per heavy atom. The number of carbonyl (C=O) groups excluding carboxylic acids is 3. The van der Waals surface area contributed by atoms with Gasteiger partial charge in [-0.2, -0.15) is 0 Å². The molecule has 1 aliphatic carbocycles. The van der Waals surface area contributed by atoms with E-state index in [9.17, 15) is 14.4 Å². The van der Waals surface area contributed by atoms with E-state index in [1.807, 2.05) is 41.9 Å². The lowest BCUT2D eigenvalue weighted by atomic mass is 9.69. The van der Waals surface area contributed by atoms with E-state index >= 15 is 0 Å². The fourth-order valence-electron chi connectivity index (χ4n) is 4.32. The average Bonchev–Trinajstić information content (AvgIpc) is 3.45. The van der Waals surface area contributed by atoms with E-state index in [1.165, 1.54) is 36.9 Å². The fraction of sp³-hybridized carbons (Fsp3) is 0.318. The molecule has 156 valence electrons. The average molecular weight is 444 g/mol. The Balaban J connectivity index is 1.88. The summed E-state index contributed by atoms with van der Waals surface area (Å²) in [5, 5.41) is 7.11. The molecule has 4 rings (SSSR count). The number of esters is 2. The summed E-state index contributed by atoms with van der Waals surface area (Å²) in [6, 6.07) is 7.62. The summed E-state index contributed by atoms with van der Waals surface area (Å²) in [6.45, 7) is 1.81. The lowest BCUT2D eigenvalue weighted by Crippen LogP contribution is -2.43. The lowest BCUT2D eigenvalue weighted by Gasteiger charge is -2.38. The van der Waals surface area contributed by atoms with Crippen molar-refractivity contribution >= 4 is 40.4 Å². The maximum atomic E-state index is 13.8. The minimum Gasteiger partial charge on any atom is -0.468 e. The van der Waals surface area contributed by atoms with Crippen molar-refractivity contribution in [3.05, 3.63) is 67.3 Å². The fourth-order valence-corrected chi connectivity index (χ4v) is 6.03. The van der Waals surface area contributed by atoms with Gasteiger partial charge in [0.2, 0.25) is 0 Å². The highest BCUT2D eigenvalue weighted by atomic mass is 32.1. The third-order valence-electron chi connectivity index (χ3n) is 5.62. The number of hydrogen-bond acceptors (Lipinski definition) is 8. The van der Waals surface area contributed by atoms with Crippen LogP contribution in [0.15, 0.2) is 57.6 Å². The SMILES string of the molecule is COC(=O)C1=C(C)NC2=C(C(=O)[C@H](C(=O)OC)[C@H](c3cccs3)C2)[C@@H]1c1cccs1. The number of rotatable bonds is 4. The molecule has 1 N–H and O–H groups in total. The van der Waals surface area contributed by atoms with Gasteiger partial charge < -0.3 is 14.8 Å². The van der Waals surface area contributed by atoms with Gasteiger partial charge in [-0.25, -0.2) is 4.79 Å². The highest BCUT2D eigenvalue weighted by Crippen LogP contribution is 2.49. The zero-order valence-electron chi connectivity index (χ0n) is 16.8. The summed E-state index contributed by atoms with van der Waals surface area (Å²) in [4.78, 5) is 40.9. The third kappa shape index (κ3) is 3.30. The predicted octanol–water partition coefficient (Wildman–Crippen LogP) is 3.74. The molecular weight excluding hydrogens is 422 g/mol. The molecule has 3 atom stereocenters. The predicted molar refractivity (Wildman–Crippen MR) is 114 cm³/mol. The zero-order chi connectivity index (χ0) is 21.4. The Morgan fingerprint density at radius 2 is 1.73 bits per heavy atom. The molecule has 2 aromatic rings. The van der Waals surface area contributed by atoms with Gasteiger partial charge in [-0.3, -0.25) is 9.59 Å². The minimum atomic E-state index is -0.950. The van der Waals surface area contributed by atoms with Crippen molar-refractivity contribution in [3.63, 3.8) is 0 Å². The second-order valence-corrected chi connectivity index (χ2v) is 9.15. The van der Waals surface area contributed by atoms with Crippen LogP contribution in [0.1, 0.15) is 34.9 Å². The van der Waals surface area contributed by atoms with Gasteiger partial charge in [-0.15, -0.1) is 22.7 Å². The van der Waals surface area contributed by atoms with Crippen molar-refractivity contribution in [2.75, 3.05) is 14.2 Å². The van der Waals surface area contributed by atoms with E-state index in [-0.39, 0.29) is 11.7 Å². The Labute approximate surface area is 182 Å². The summed E-state index contributed by atoms with van der Waals surface area (Å²) in [5.41, 5.74) is 2.26. The molecule has 0 radical (unpaired) electrons. The van der Waals surface area contributed by atoms with Gasteiger partial charge >= 0.3 is 11.9 Å². The molecule has 8 heteroatoms. The quantitative estimate of drug-likeness (QED) is 0.573. The minimum absolute atomic E-state index is 0.304. The van der Waals surface area contributed by atoms with Crippen LogP contribution >= 0.6 is 22.7 Å². The maximum absolute atomic E-state index is 13.8. The maximum Gasteiger partial charge on any atom is 0.336 e. The molecule has 0 amide bonds. The zero-order valence-corrected chi connectivity index (χ0v) is 18.4. The smallest absolute Gasteiger partial charge is 0.336 e. The first kappa shape index (κ1) is 20.6. The van der Waals surface area contributed by atoms with Crippen LogP contribution in [0.5, 0.6) is 0 Å². The molecule has 6 nitrogen and oxygen atoms in total. The number of thiophene rings is 2. The Kier molecular flexibility index (Phi) is 5.62. The van der Waals surface area contributed by atoms with Gasteiger partial charge in [-0.1, -0.05) is 12.1 Å². The Morgan fingerprint density at radius 3 is 2.30 bits per heavy atom. The summed E-state index contributed by atoms with van der Waals surface area (Å²) in [5.74, 6) is -3.19. The van der Waals surface area contributed by atoms with Crippen LogP contribution in [-0.2, 0) is 23.9 Å². The van der Waals surface area contributed by atoms with Crippen LogP contribution < -0.4 is 5.32 Å². The number of methoxy groups -OCH3 is 2. The van der Waals surface area contributed by atoms with E-state index in [0.29, 0.717) is 23.3 Å². The first-order valence-electron chi connectivity index (χ1n) is 9.45. The van der Waals surface area contributed by atoms with Gasteiger partial charge in [-0.05, 0) is 36.2 Å². The number of nitrogens with one attached hydrogen (secondary N) is 1. The van der Waals surface area contributed by atoms with E-state index < -0.39 is 23.8 Å². The molecule has 2 aliphatic rings. The largest absolute Gasteiger partial charge is 0.468 e. The molecular formula is C22H21NO5S2. The molecule has 2 aromatic heterocycles. The van der Waals surface area contributed by atoms with Gasteiger partial charge in [0.25, 0.3) is 0 Å². The summed E-state index contributed by atoms with van der Waals surface area (Å²) in [6.07, 6.45) is 0.481. The van der Waals surface area contributed by atoms with E-state index in [1.54, 1.807) is 0 Å². The van der Waals surface area contributed by atoms with Crippen LogP contribution in [-0.4, -0.2) is 31.9 Å². The molecule has 0 bridgehead atoms. The lowest BCUT2D eigenvalue weighted by molar-refractivity contribution is -0.149. The Hall–Kier alpha value is -2.71. The van der Waals surface area contributed by atoms with E-state index in [4.69, 9.17) is 9.47 Å². The van der Waals surface area contributed by atoms with Crippen molar-refractivity contribution in [2.45, 2.75) is 25.2 Å². The molecule has 3 heterocycles. The highest BCUT2D eigenvalue weighted by Gasteiger charge is 2.49. The molecule has 0 saturated carbocycles. The van der Waals surface area contributed by atoms with Gasteiger partial charge in [0, 0.05) is 32.6 Å². The van der Waals surface area contributed by atoms with E-state index in [0.717, 1.165) is 15.5 Å². The second kappa shape index (κ2) is 8.20. The number of Topliss-reactive ketones (excluding diaryl/α,β-unsaturated/α-hetero) is 1. The van der Waals surface area contributed by atoms with E-state index in [2.05, 4.69) is 5.32 Å². The van der Waals surface area contributed by atoms with Gasteiger partial charge in [0.15, 0.2) is 5.78 Å². The van der Waals surface area contributed by atoms with Crippen molar-refractivity contribution in [2.24, 2.45) is 5.92 Å². The van der Waals surface area contributed by atoms with Crippen LogP contribution in [0.4, 0.5) is 0 Å². The first-order chi connectivity index (χ1) is 14.5. The molecule has 30 heavy (non-hydrogen) atoms. The number of dihydropyridines is 1. The molecule has 0 spiro atoms. The number of allylic oxidation sites excluding steroid dienone is 3. The summed E-state index contributed by atoms with van der Waals surface area (Å²) < 4.78 is 10.0. The van der Waals surface area contributed by atoms with Crippen molar-refractivity contribution in [1.29, 1.82) is 0 Å². The monoisotopic (exact) mass is 443 g/mol. The Bertz CT molecular complexity index is 1050. The van der Waals surface area contributed by atoms with Crippen LogP contribution in [0.2, 0.25) is 0 Å². The normalized spacial score (nSPS) is 23.7. The van der Waals surface area contributed by atoms with Crippen LogP contribution in [0.3, 0.4) is 0 Å². The topological polar surface area (TPSA) is 81.7 Å². The van der Waals surface area contributed by atoms with Crippen molar-refractivity contribution in [3.8, 4) is 0 Å². The molecule has 0 saturated heterocycles. The number of hydrogen-bond donors (Lipinski definition) is 1. The standard InChI is InChI=1S/C22H21NO5S2/c1-11-16(21(25)27-2)19(15-7-5-9-30-15)18-13(23-11)10-12(14-6-4-8-29-14)17(20(18)24)22(26)28-3/h4-9,12,17,19,23H,10H2,1-3H3/t12-,17+,19+/m0/s1. The first-order valence-corrected chi connectivity index (χ1v) is 11.2. The van der Waals surface area contributed by atoms with Crippen LogP contribution in [0.25, 0.3) is 0 Å². The number of ether oxygens (including phenoxy) is 2. The number of ketones is 1. The molecule has 0 unspecified atom stereocenters. The summed E-state index contributed by atoms with van der Waals surface area (Å²) >= 11 is 2.98. The van der Waals surface area contributed by atoms with Gasteiger partial charge in [0.1, 0.15) is 5.92 Å². The van der Waals surface area contributed by atoms with Crippen molar-refractivity contribution < 1.29 is 23.9 Å². The van der Waals surface area contributed by atoms with Gasteiger partial charge in [0.05, 0.1) is 25.7 Å².